The molecule has 0 bridgehead atoms. The molecule has 0 radical (unpaired) electrons. The lowest BCUT2D eigenvalue weighted by Gasteiger charge is -2.20. The summed E-state index contributed by atoms with van der Waals surface area (Å²) >= 11 is 0. The van der Waals surface area contributed by atoms with E-state index in [1.54, 1.807) is 13.8 Å². The van der Waals surface area contributed by atoms with Gasteiger partial charge in [-0.05, 0) is 67.1 Å². The number of allylic oxidation sites excluding steroid dienone is 1. The van der Waals surface area contributed by atoms with Gasteiger partial charge in [0.15, 0.2) is 0 Å². The van der Waals surface area contributed by atoms with E-state index >= 15 is 0 Å². The molecular formula is C21H20F6. The molecule has 146 valence electrons. The molecule has 0 aromatic heterocycles. The Labute approximate surface area is 154 Å². The number of halogens is 6. The van der Waals surface area contributed by atoms with Crippen LogP contribution in [0.1, 0.15) is 44.9 Å². The van der Waals surface area contributed by atoms with Gasteiger partial charge in [0.25, 0.3) is 0 Å². The number of aryl methyl sites for hydroxylation is 3. The molecule has 0 heterocycles. The molecule has 0 aliphatic heterocycles. The predicted octanol–water partition coefficient (Wildman–Crippen LogP) is 7.30. The molecule has 2 aromatic rings. The lowest BCUT2D eigenvalue weighted by molar-refractivity contribution is -0.139. The van der Waals surface area contributed by atoms with Gasteiger partial charge in [0.05, 0.1) is 11.5 Å². The van der Waals surface area contributed by atoms with Crippen LogP contribution in [0.25, 0.3) is 6.08 Å². The first-order valence-electron chi connectivity index (χ1n) is 8.31. The van der Waals surface area contributed by atoms with Gasteiger partial charge >= 0.3 is 12.4 Å². The number of rotatable bonds is 3. The Hall–Kier alpha value is -2.24. The average Bonchev–Trinajstić information content (AvgIpc) is 2.51. The van der Waals surface area contributed by atoms with E-state index in [0.29, 0.717) is 0 Å². The van der Waals surface area contributed by atoms with Crippen molar-refractivity contribution in [1.82, 2.24) is 0 Å². The highest BCUT2D eigenvalue weighted by atomic mass is 19.4. The molecule has 1 atom stereocenters. The van der Waals surface area contributed by atoms with Crippen molar-refractivity contribution in [3.63, 3.8) is 0 Å². The molecule has 0 amide bonds. The molecule has 27 heavy (non-hydrogen) atoms. The first-order chi connectivity index (χ1) is 12.3. The predicted molar refractivity (Wildman–Crippen MR) is 94.7 cm³/mol. The van der Waals surface area contributed by atoms with Crippen molar-refractivity contribution >= 4 is 6.08 Å². The molecule has 2 rings (SSSR count). The van der Waals surface area contributed by atoms with Gasteiger partial charge in [-0.25, -0.2) is 0 Å². The molecule has 0 nitrogen and oxygen atoms in total. The summed E-state index contributed by atoms with van der Waals surface area (Å²) in [4.78, 5) is 0. The van der Waals surface area contributed by atoms with Crippen LogP contribution in [0, 0.1) is 27.7 Å². The van der Waals surface area contributed by atoms with Crippen LogP contribution in [0.15, 0.2) is 36.4 Å². The molecule has 2 aromatic carbocycles. The van der Waals surface area contributed by atoms with Crippen LogP contribution in [0.3, 0.4) is 0 Å². The Morgan fingerprint density at radius 2 is 1.33 bits per heavy atom. The van der Waals surface area contributed by atoms with Crippen LogP contribution >= 0.6 is 0 Å². The highest BCUT2D eigenvalue weighted by Crippen LogP contribution is 2.38. The number of hydrogen-bond acceptors (Lipinski definition) is 0. The van der Waals surface area contributed by atoms with Gasteiger partial charge in [-0.3, -0.25) is 0 Å². The van der Waals surface area contributed by atoms with Gasteiger partial charge in [0.1, 0.15) is 0 Å². The largest absolute Gasteiger partial charge is 0.416 e. The van der Waals surface area contributed by atoms with E-state index in [1.807, 2.05) is 6.92 Å². The summed E-state index contributed by atoms with van der Waals surface area (Å²) in [6.07, 6.45) is -7.10. The van der Waals surface area contributed by atoms with E-state index < -0.39 is 23.8 Å². The smallest absolute Gasteiger partial charge is 0.170 e. The summed E-state index contributed by atoms with van der Waals surface area (Å²) in [6.45, 7) is 6.61. The van der Waals surface area contributed by atoms with Gasteiger partial charge in [0.2, 0.25) is 0 Å². The second kappa shape index (κ2) is 7.41. The molecule has 0 aliphatic carbocycles. The standard InChI is InChI=1S/C21H20F6/c1-12-5-6-16(11-19(12)21(25,26)27)7-8-18(20(22,23)24)17-9-13(2)15(4)14(3)10-17/h5-11,18H,1-4H3/b8-7+. The van der Waals surface area contributed by atoms with Gasteiger partial charge in [-0.15, -0.1) is 0 Å². The van der Waals surface area contributed by atoms with Crippen molar-refractivity contribution in [2.24, 2.45) is 0 Å². The first kappa shape index (κ1) is 21.1. The quantitative estimate of drug-likeness (QED) is 0.486. The molecule has 0 N–H and O–H groups in total. The molecule has 0 fully saturated rings. The number of alkyl halides is 6. The van der Waals surface area contributed by atoms with Gasteiger partial charge in [-0.2, -0.15) is 26.3 Å². The summed E-state index contributed by atoms with van der Waals surface area (Å²) in [5.41, 5.74) is 1.71. The van der Waals surface area contributed by atoms with Crippen LogP contribution < -0.4 is 0 Å². The normalized spacial score (nSPS) is 14.0. The van der Waals surface area contributed by atoms with Gasteiger partial charge in [-0.1, -0.05) is 36.4 Å². The third-order valence-electron chi connectivity index (χ3n) is 4.71. The van der Waals surface area contributed by atoms with Crippen molar-refractivity contribution in [2.45, 2.75) is 46.0 Å². The van der Waals surface area contributed by atoms with Crippen LogP contribution in [-0.2, 0) is 6.18 Å². The van der Waals surface area contributed by atoms with Crippen LogP contribution in [-0.4, -0.2) is 6.18 Å². The van der Waals surface area contributed by atoms with Crippen LogP contribution in [0.5, 0.6) is 0 Å². The Kier molecular flexibility index (Phi) is 5.78. The Morgan fingerprint density at radius 3 is 1.81 bits per heavy atom. The van der Waals surface area contributed by atoms with E-state index in [-0.39, 0.29) is 16.7 Å². The lowest BCUT2D eigenvalue weighted by atomic mass is 9.91. The monoisotopic (exact) mass is 386 g/mol. The van der Waals surface area contributed by atoms with E-state index in [4.69, 9.17) is 0 Å². The second-order valence-electron chi connectivity index (χ2n) is 6.73. The minimum Gasteiger partial charge on any atom is -0.170 e. The molecule has 0 saturated carbocycles. The summed E-state index contributed by atoms with van der Waals surface area (Å²) in [5, 5.41) is 0. The molecule has 0 saturated heterocycles. The summed E-state index contributed by atoms with van der Waals surface area (Å²) in [5.74, 6) is -1.90. The average molecular weight is 386 g/mol. The molecule has 6 heteroatoms. The fourth-order valence-electron chi connectivity index (χ4n) is 2.91. The van der Waals surface area contributed by atoms with E-state index in [9.17, 15) is 26.3 Å². The summed E-state index contributed by atoms with van der Waals surface area (Å²) in [7, 11) is 0. The minimum atomic E-state index is -4.55. The molecular weight excluding hydrogens is 366 g/mol. The van der Waals surface area contributed by atoms with Crippen molar-refractivity contribution in [3.05, 3.63) is 75.4 Å². The maximum Gasteiger partial charge on any atom is 0.416 e. The molecule has 1 unspecified atom stereocenters. The molecule has 0 aliphatic rings. The maximum absolute atomic E-state index is 13.6. The van der Waals surface area contributed by atoms with Crippen molar-refractivity contribution in [3.8, 4) is 0 Å². The van der Waals surface area contributed by atoms with Crippen molar-refractivity contribution in [2.75, 3.05) is 0 Å². The fourth-order valence-corrected chi connectivity index (χ4v) is 2.91. The third-order valence-corrected chi connectivity index (χ3v) is 4.71. The van der Waals surface area contributed by atoms with Crippen molar-refractivity contribution < 1.29 is 26.3 Å². The van der Waals surface area contributed by atoms with E-state index in [1.165, 1.54) is 31.2 Å². The summed E-state index contributed by atoms with van der Waals surface area (Å²) in [6, 6.07) is 6.44. The van der Waals surface area contributed by atoms with E-state index in [0.717, 1.165) is 34.9 Å². The fraction of sp³-hybridized carbons (Fsp3) is 0.333. The van der Waals surface area contributed by atoms with E-state index in [2.05, 4.69) is 0 Å². The van der Waals surface area contributed by atoms with Crippen LogP contribution in [0.2, 0.25) is 0 Å². The van der Waals surface area contributed by atoms with Gasteiger partial charge < -0.3 is 0 Å². The first-order valence-corrected chi connectivity index (χ1v) is 8.31. The highest BCUT2D eigenvalue weighted by molar-refractivity contribution is 5.54. The topological polar surface area (TPSA) is 0 Å². The second-order valence-corrected chi connectivity index (χ2v) is 6.73. The summed E-state index contributed by atoms with van der Waals surface area (Å²) < 4.78 is 79.7. The molecule has 0 spiro atoms. The van der Waals surface area contributed by atoms with Crippen LogP contribution in [0.4, 0.5) is 26.3 Å². The Morgan fingerprint density at radius 1 is 0.778 bits per heavy atom. The Balaban J connectivity index is 2.47. The number of hydrogen-bond donors (Lipinski definition) is 0. The SMILES string of the molecule is Cc1ccc(/C=C/C(c2cc(C)c(C)c(C)c2)C(F)(F)F)cc1C(F)(F)F. The lowest BCUT2D eigenvalue weighted by Crippen LogP contribution is -2.19. The third kappa shape index (κ3) is 4.93. The van der Waals surface area contributed by atoms with Gasteiger partial charge in [0, 0.05) is 0 Å². The zero-order valence-electron chi connectivity index (χ0n) is 15.4. The van der Waals surface area contributed by atoms with Crippen molar-refractivity contribution in [1.29, 1.82) is 0 Å². The zero-order chi connectivity index (χ0) is 20.6. The zero-order valence-corrected chi connectivity index (χ0v) is 15.4. The number of benzene rings is 2. The Bertz CT molecular complexity index is 833. The highest BCUT2D eigenvalue weighted by Gasteiger charge is 2.39. The maximum atomic E-state index is 13.6. The minimum absolute atomic E-state index is 0.0248.